The van der Waals surface area contributed by atoms with Crippen LogP contribution in [0.15, 0.2) is 67.1 Å². The quantitative estimate of drug-likeness (QED) is 0.444. The van der Waals surface area contributed by atoms with Crippen LogP contribution in [0.25, 0.3) is 10.9 Å². The zero-order valence-electron chi connectivity index (χ0n) is 15.4. The zero-order chi connectivity index (χ0) is 20.2. The maximum absolute atomic E-state index is 13.3. The minimum Gasteiger partial charge on any atom is -0.383 e. The van der Waals surface area contributed by atoms with Crippen molar-refractivity contribution in [2.75, 3.05) is 17.2 Å². The van der Waals surface area contributed by atoms with E-state index in [9.17, 15) is 13.6 Å². The van der Waals surface area contributed by atoms with Gasteiger partial charge >= 0.3 is 0 Å². The number of carbonyl (C=O) groups is 1. The molecule has 1 amide bonds. The van der Waals surface area contributed by atoms with Crippen molar-refractivity contribution in [2.24, 2.45) is 0 Å². The minimum absolute atomic E-state index is 0.173. The fraction of sp³-hybridized carbons (Fsp3) is 0.0909. The van der Waals surface area contributed by atoms with Gasteiger partial charge in [0.2, 0.25) is 0 Å². The van der Waals surface area contributed by atoms with Gasteiger partial charge in [-0.1, -0.05) is 18.2 Å². The lowest BCUT2D eigenvalue weighted by Crippen LogP contribution is -2.13. The molecule has 0 aliphatic heterocycles. The van der Waals surface area contributed by atoms with Crippen LogP contribution in [0.5, 0.6) is 0 Å². The summed E-state index contributed by atoms with van der Waals surface area (Å²) >= 11 is 0. The third-order valence-electron chi connectivity index (χ3n) is 4.58. The summed E-state index contributed by atoms with van der Waals surface area (Å²) in [5, 5.41) is 6.98. The standard InChI is InChI=1S/C22H18F2N4O/c23-19-6-5-16(10-20(19)24)28-22(29)15-9-17(13-25-11-15)26-8-7-14-12-27-21-4-2-1-3-18(14)21/h1-6,9-13,26-27H,7-8H2,(H,28,29). The second-order valence-corrected chi connectivity index (χ2v) is 6.58. The van der Waals surface area contributed by atoms with E-state index in [4.69, 9.17) is 0 Å². The number of aromatic nitrogens is 2. The Hall–Kier alpha value is -3.74. The van der Waals surface area contributed by atoms with E-state index in [-0.39, 0.29) is 5.69 Å². The van der Waals surface area contributed by atoms with Crippen molar-refractivity contribution in [3.05, 3.63) is 89.9 Å². The number of anilines is 2. The first-order valence-electron chi connectivity index (χ1n) is 9.10. The summed E-state index contributed by atoms with van der Waals surface area (Å²) in [6.45, 7) is 0.664. The molecule has 0 radical (unpaired) electrons. The highest BCUT2D eigenvalue weighted by atomic mass is 19.2. The van der Waals surface area contributed by atoms with Gasteiger partial charge < -0.3 is 15.6 Å². The third kappa shape index (κ3) is 4.24. The summed E-state index contributed by atoms with van der Waals surface area (Å²) in [6, 6.07) is 13.0. The number of halogens is 2. The van der Waals surface area contributed by atoms with E-state index in [1.54, 1.807) is 12.3 Å². The van der Waals surface area contributed by atoms with Crippen molar-refractivity contribution in [3.8, 4) is 0 Å². The zero-order valence-corrected chi connectivity index (χ0v) is 15.4. The van der Waals surface area contributed by atoms with Gasteiger partial charge in [0, 0.05) is 47.8 Å². The molecule has 0 saturated carbocycles. The second-order valence-electron chi connectivity index (χ2n) is 6.58. The van der Waals surface area contributed by atoms with Gasteiger partial charge in [0.25, 0.3) is 5.91 Å². The first-order valence-corrected chi connectivity index (χ1v) is 9.10. The lowest BCUT2D eigenvalue weighted by molar-refractivity contribution is 0.102. The van der Waals surface area contributed by atoms with E-state index in [1.165, 1.54) is 23.2 Å². The number of para-hydroxylation sites is 1. The molecule has 4 aromatic rings. The van der Waals surface area contributed by atoms with E-state index >= 15 is 0 Å². The van der Waals surface area contributed by atoms with Crippen LogP contribution in [0.3, 0.4) is 0 Å². The molecule has 0 fully saturated rings. The number of hydrogen-bond donors (Lipinski definition) is 3. The number of benzene rings is 2. The molecular formula is C22H18F2N4O. The Bertz CT molecular complexity index is 1170. The molecule has 0 aliphatic carbocycles. The number of amides is 1. The van der Waals surface area contributed by atoms with Crippen LogP contribution in [-0.4, -0.2) is 22.4 Å². The average molecular weight is 392 g/mol. The van der Waals surface area contributed by atoms with Crippen LogP contribution < -0.4 is 10.6 Å². The third-order valence-corrected chi connectivity index (χ3v) is 4.58. The molecule has 2 heterocycles. The number of aromatic amines is 1. The number of nitrogens with zero attached hydrogens (tertiary/aromatic N) is 1. The van der Waals surface area contributed by atoms with Crippen LogP contribution in [-0.2, 0) is 6.42 Å². The molecular weight excluding hydrogens is 374 g/mol. The van der Waals surface area contributed by atoms with E-state index in [2.05, 4.69) is 26.7 Å². The highest BCUT2D eigenvalue weighted by Gasteiger charge is 2.10. The van der Waals surface area contributed by atoms with Crippen molar-refractivity contribution in [1.29, 1.82) is 0 Å². The normalized spacial score (nSPS) is 10.8. The molecule has 0 aliphatic rings. The van der Waals surface area contributed by atoms with Gasteiger partial charge in [-0.05, 0) is 36.2 Å². The number of H-pyrrole nitrogens is 1. The van der Waals surface area contributed by atoms with E-state index in [1.807, 2.05) is 24.4 Å². The molecule has 2 aromatic heterocycles. The summed E-state index contributed by atoms with van der Waals surface area (Å²) < 4.78 is 26.3. The van der Waals surface area contributed by atoms with Gasteiger partial charge in [-0.15, -0.1) is 0 Å². The van der Waals surface area contributed by atoms with Crippen molar-refractivity contribution in [2.45, 2.75) is 6.42 Å². The van der Waals surface area contributed by atoms with Gasteiger partial charge in [0.1, 0.15) is 0 Å². The van der Waals surface area contributed by atoms with Crippen LogP contribution >= 0.6 is 0 Å². The van der Waals surface area contributed by atoms with Gasteiger partial charge in [0.05, 0.1) is 11.3 Å². The van der Waals surface area contributed by atoms with Crippen molar-refractivity contribution < 1.29 is 13.6 Å². The van der Waals surface area contributed by atoms with E-state index in [0.717, 1.165) is 24.1 Å². The Morgan fingerprint density at radius 2 is 1.86 bits per heavy atom. The van der Waals surface area contributed by atoms with E-state index < -0.39 is 17.5 Å². The van der Waals surface area contributed by atoms with Gasteiger partial charge in [-0.3, -0.25) is 9.78 Å². The predicted octanol–water partition coefficient (Wildman–Crippen LogP) is 4.75. The van der Waals surface area contributed by atoms with Crippen LogP contribution in [0.1, 0.15) is 15.9 Å². The molecule has 2 aromatic carbocycles. The van der Waals surface area contributed by atoms with E-state index in [0.29, 0.717) is 17.8 Å². The first-order chi connectivity index (χ1) is 14.1. The highest BCUT2D eigenvalue weighted by molar-refractivity contribution is 6.04. The van der Waals surface area contributed by atoms with Gasteiger partial charge in [-0.2, -0.15) is 0 Å². The molecule has 0 spiro atoms. The van der Waals surface area contributed by atoms with Crippen LogP contribution in [0, 0.1) is 11.6 Å². The highest BCUT2D eigenvalue weighted by Crippen LogP contribution is 2.19. The molecule has 146 valence electrons. The molecule has 0 saturated heterocycles. The summed E-state index contributed by atoms with van der Waals surface area (Å²) in [4.78, 5) is 19.7. The fourth-order valence-corrected chi connectivity index (χ4v) is 3.12. The Morgan fingerprint density at radius 3 is 2.72 bits per heavy atom. The van der Waals surface area contributed by atoms with Crippen molar-refractivity contribution in [1.82, 2.24) is 9.97 Å². The second kappa shape index (κ2) is 8.10. The number of fused-ring (bicyclic) bond motifs is 1. The molecule has 0 unspecified atom stereocenters. The largest absolute Gasteiger partial charge is 0.383 e. The average Bonchev–Trinajstić information content (AvgIpc) is 3.14. The number of nitrogens with one attached hydrogen (secondary N) is 3. The number of hydrogen-bond acceptors (Lipinski definition) is 3. The lowest BCUT2D eigenvalue weighted by atomic mass is 10.1. The SMILES string of the molecule is O=C(Nc1ccc(F)c(F)c1)c1cncc(NCCc2c[nH]c3ccccc23)c1. The number of carbonyl (C=O) groups excluding carboxylic acids is 1. The van der Waals surface area contributed by atoms with Gasteiger partial charge in [-0.25, -0.2) is 8.78 Å². The molecule has 7 heteroatoms. The first kappa shape index (κ1) is 18.6. The van der Waals surface area contributed by atoms with Crippen LogP contribution in [0.2, 0.25) is 0 Å². The lowest BCUT2D eigenvalue weighted by Gasteiger charge is -2.09. The summed E-state index contributed by atoms with van der Waals surface area (Å²) in [7, 11) is 0. The number of pyridine rings is 1. The predicted molar refractivity (Wildman–Crippen MR) is 109 cm³/mol. The summed E-state index contributed by atoms with van der Waals surface area (Å²) in [5.74, 6) is -2.44. The molecule has 0 bridgehead atoms. The smallest absolute Gasteiger partial charge is 0.257 e. The Morgan fingerprint density at radius 1 is 1.00 bits per heavy atom. The molecule has 29 heavy (non-hydrogen) atoms. The number of rotatable bonds is 6. The Labute approximate surface area is 165 Å². The maximum atomic E-state index is 13.3. The topological polar surface area (TPSA) is 69.8 Å². The van der Waals surface area contributed by atoms with Crippen molar-refractivity contribution >= 4 is 28.2 Å². The monoisotopic (exact) mass is 392 g/mol. The molecule has 5 nitrogen and oxygen atoms in total. The van der Waals surface area contributed by atoms with Crippen molar-refractivity contribution in [3.63, 3.8) is 0 Å². The minimum atomic E-state index is -1.02. The summed E-state index contributed by atoms with van der Waals surface area (Å²) in [6.07, 6.45) is 5.84. The maximum Gasteiger partial charge on any atom is 0.257 e. The molecule has 4 rings (SSSR count). The Balaban J connectivity index is 1.39. The molecule has 3 N–H and O–H groups in total. The fourth-order valence-electron chi connectivity index (χ4n) is 3.12. The summed E-state index contributed by atoms with van der Waals surface area (Å²) in [5.41, 5.74) is 3.48. The molecule has 0 atom stereocenters. The van der Waals surface area contributed by atoms with Crippen LogP contribution in [0.4, 0.5) is 20.2 Å². The van der Waals surface area contributed by atoms with Gasteiger partial charge in [0.15, 0.2) is 11.6 Å². The Kier molecular flexibility index (Phi) is 5.20.